The first-order valence-electron chi connectivity index (χ1n) is 5.38. The van der Waals surface area contributed by atoms with Gasteiger partial charge in [-0.2, -0.15) is 0 Å². The Morgan fingerprint density at radius 2 is 2.06 bits per heavy atom. The van der Waals surface area contributed by atoms with Crippen molar-refractivity contribution < 1.29 is 9.90 Å². The van der Waals surface area contributed by atoms with Crippen molar-refractivity contribution in [3.05, 3.63) is 28.2 Å². The minimum Gasteiger partial charge on any atom is -0.393 e. The SMILES string of the molecule is O=Cc1ccc(Br)cc1N1CCC(O)CC1. The molecule has 1 N–H and O–H groups in total. The standard InChI is InChI=1S/C12H14BrNO2/c13-10-2-1-9(8-15)12(7-10)14-5-3-11(16)4-6-14/h1-2,7-8,11,16H,3-6H2. The zero-order valence-electron chi connectivity index (χ0n) is 8.90. The maximum Gasteiger partial charge on any atom is 0.152 e. The van der Waals surface area contributed by atoms with Crippen LogP contribution >= 0.6 is 15.9 Å². The van der Waals surface area contributed by atoms with Gasteiger partial charge >= 0.3 is 0 Å². The fourth-order valence-corrected chi connectivity index (χ4v) is 2.35. The van der Waals surface area contributed by atoms with Crippen molar-refractivity contribution in [1.82, 2.24) is 0 Å². The van der Waals surface area contributed by atoms with Gasteiger partial charge in [-0.25, -0.2) is 0 Å². The minimum absolute atomic E-state index is 0.192. The Balaban J connectivity index is 2.25. The van der Waals surface area contributed by atoms with Crippen molar-refractivity contribution in [2.75, 3.05) is 18.0 Å². The van der Waals surface area contributed by atoms with Crippen molar-refractivity contribution in [2.45, 2.75) is 18.9 Å². The molecule has 1 aliphatic heterocycles. The van der Waals surface area contributed by atoms with Crippen molar-refractivity contribution in [3.8, 4) is 0 Å². The second kappa shape index (κ2) is 4.97. The molecule has 1 aromatic carbocycles. The molecule has 0 atom stereocenters. The molecule has 16 heavy (non-hydrogen) atoms. The summed E-state index contributed by atoms with van der Waals surface area (Å²) in [5.41, 5.74) is 1.66. The first-order chi connectivity index (χ1) is 7.70. The van der Waals surface area contributed by atoms with Crippen molar-refractivity contribution in [2.24, 2.45) is 0 Å². The highest BCUT2D eigenvalue weighted by molar-refractivity contribution is 9.10. The van der Waals surface area contributed by atoms with E-state index in [1.165, 1.54) is 0 Å². The molecule has 0 aliphatic carbocycles. The number of carbonyl (C=O) groups excluding carboxylic acids is 1. The zero-order chi connectivity index (χ0) is 11.5. The number of benzene rings is 1. The van der Waals surface area contributed by atoms with Crippen LogP contribution in [0.1, 0.15) is 23.2 Å². The second-order valence-corrected chi connectivity index (χ2v) is 4.95. The first kappa shape index (κ1) is 11.6. The van der Waals surface area contributed by atoms with Gasteiger partial charge in [0.05, 0.1) is 6.10 Å². The van der Waals surface area contributed by atoms with Crippen LogP contribution in [0.4, 0.5) is 5.69 Å². The number of aliphatic hydroxyl groups is 1. The van der Waals surface area contributed by atoms with E-state index in [9.17, 15) is 9.90 Å². The molecular formula is C12H14BrNO2. The number of hydrogen-bond donors (Lipinski definition) is 1. The van der Waals surface area contributed by atoms with Gasteiger partial charge in [0.2, 0.25) is 0 Å². The normalized spacial score (nSPS) is 17.5. The lowest BCUT2D eigenvalue weighted by atomic mass is 10.1. The largest absolute Gasteiger partial charge is 0.393 e. The number of rotatable bonds is 2. The molecule has 0 bridgehead atoms. The fraction of sp³-hybridized carbons (Fsp3) is 0.417. The first-order valence-corrected chi connectivity index (χ1v) is 6.18. The van der Waals surface area contributed by atoms with Crippen LogP contribution in [0.15, 0.2) is 22.7 Å². The topological polar surface area (TPSA) is 40.5 Å². The average molecular weight is 284 g/mol. The van der Waals surface area contributed by atoms with Gasteiger partial charge in [0.15, 0.2) is 6.29 Å². The number of hydrogen-bond acceptors (Lipinski definition) is 3. The maximum atomic E-state index is 11.0. The van der Waals surface area contributed by atoms with E-state index in [-0.39, 0.29) is 6.10 Å². The van der Waals surface area contributed by atoms with Crippen LogP contribution < -0.4 is 4.90 Å². The number of carbonyl (C=O) groups is 1. The molecule has 2 rings (SSSR count). The lowest BCUT2D eigenvalue weighted by molar-refractivity contribution is 0.112. The molecule has 0 saturated carbocycles. The quantitative estimate of drug-likeness (QED) is 0.847. The molecule has 0 spiro atoms. The van der Waals surface area contributed by atoms with Gasteiger partial charge in [-0.15, -0.1) is 0 Å². The number of aldehydes is 1. The maximum absolute atomic E-state index is 11.0. The summed E-state index contributed by atoms with van der Waals surface area (Å²) in [6.45, 7) is 1.61. The van der Waals surface area contributed by atoms with Gasteiger partial charge in [0, 0.05) is 28.8 Å². The highest BCUT2D eigenvalue weighted by Crippen LogP contribution is 2.26. The summed E-state index contributed by atoms with van der Waals surface area (Å²) < 4.78 is 0.972. The van der Waals surface area contributed by atoms with E-state index in [1.54, 1.807) is 0 Å². The van der Waals surface area contributed by atoms with E-state index < -0.39 is 0 Å². The number of nitrogens with zero attached hydrogens (tertiary/aromatic N) is 1. The van der Waals surface area contributed by atoms with Crippen LogP contribution in [-0.2, 0) is 0 Å². The zero-order valence-corrected chi connectivity index (χ0v) is 10.5. The summed E-state index contributed by atoms with van der Waals surface area (Å²) in [6.07, 6.45) is 2.23. The fourth-order valence-electron chi connectivity index (χ4n) is 2.00. The highest BCUT2D eigenvalue weighted by atomic mass is 79.9. The van der Waals surface area contributed by atoms with Gasteiger partial charge in [0.25, 0.3) is 0 Å². The molecule has 1 saturated heterocycles. The predicted molar refractivity (Wildman–Crippen MR) is 67.0 cm³/mol. The smallest absolute Gasteiger partial charge is 0.152 e. The summed E-state index contributed by atoms with van der Waals surface area (Å²) >= 11 is 3.41. The van der Waals surface area contributed by atoms with Gasteiger partial charge in [-0.3, -0.25) is 4.79 Å². The Labute approximate surface area is 103 Å². The summed E-state index contributed by atoms with van der Waals surface area (Å²) in [5.74, 6) is 0. The number of piperidine rings is 1. The number of aliphatic hydroxyl groups excluding tert-OH is 1. The van der Waals surface area contributed by atoms with Crippen LogP contribution in [0.3, 0.4) is 0 Å². The van der Waals surface area contributed by atoms with Crippen molar-refractivity contribution in [3.63, 3.8) is 0 Å². The van der Waals surface area contributed by atoms with E-state index in [0.717, 1.165) is 42.4 Å². The van der Waals surface area contributed by atoms with E-state index >= 15 is 0 Å². The molecule has 0 aromatic heterocycles. The van der Waals surface area contributed by atoms with Gasteiger partial charge < -0.3 is 10.0 Å². The summed E-state index contributed by atoms with van der Waals surface area (Å²) in [7, 11) is 0. The lowest BCUT2D eigenvalue weighted by Gasteiger charge is -2.32. The molecule has 86 valence electrons. The van der Waals surface area contributed by atoms with E-state index in [2.05, 4.69) is 20.8 Å². The third-order valence-corrected chi connectivity index (χ3v) is 3.42. The Morgan fingerprint density at radius 1 is 1.38 bits per heavy atom. The highest BCUT2D eigenvalue weighted by Gasteiger charge is 2.19. The molecular weight excluding hydrogens is 270 g/mol. The van der Waals surface area contributed by atoms with Crippen LogP contribution in [0.2, 0.25) is 0 Å². The van der Waals surface area contributed by atoms with E-state index in [0.29, 0.717) is 5.56 Å². The van der Waals surface area contributed by atoms with Crippen LogP contribution in [0.5, 0.6) is 0 Å². The molecule has 0 unspecified atom stereocenters. The summed E-state index contributed by atoms with van der Waals surface area (Å²) in [5, 5.41) is 9.45. The molecule has 1 aliphatic rings. The van der Waals surface area contributed by atoms with Gasteiger partial charge in [-0.1, -0.05) is 15.9 Å². The third-order valence-electron chi connectivity index (χ3n) is 2.92. The van der Waals surface area contributed by atoms with E-state index in [4.69, 9.17) is 0 Å². The van der Waals surface area contributed by atoms with Crippen LogP contribution in [0, 0.1) is 0 Å². The molecule has 4 heteroatoms. The third kappa shape index (κ3) is 2.44. The van der Waals surface area contributed by atoms with Gasteiger partial charge in [-0.05, 0) is 31.0 Å². The lowest BCUT2D eigenvalue weighted by Crippen LogP contribution is -2.36. The van der Waals surface area contributed by atoms with Crippen molar-refractivity contribution >= 4 is 27.9 Å². The Morgan fingerprint density at radius 3 is 2.69 bits per heavy atom. The van der Waals surface area contributed by atoms with Gasteiger partial charge in [0.1, 0.15) is 0 Å². The predicted octanol–water partition coefficient (Wildman–Crippen LogP) is 2.22. The monoisotopic (exact) mass is 283 g/mol. The van der Waals surface area contributed by atoms with Crippen LogP contribution in [-0.4, -0.2) is 30.6 Å². The molecule has 0 radical (unpaired) electrons. The second-order valence-electron chi connectivity index (χ2n) is 4.04. The summed E-state index contributed by atoms with van der Waals surface area (Å²) in [6, 6.07) is 5.64. The molecule has 0 amide bonds. The Kier molecular flexibility index (Phi) is 3.61. The van der Waals surface area contributed by atoms with E-state index in [1.807, 2.05) is 18.2 Å². The van der Waals surface area contributed by atoms with Crippen molar-refractivity contribution in [1.29, 1.82) is 0 Å². The number of anilines is 1. The molecule has 1 heterocycles. The average Bonchev–Trinajstić information content (AvgIpc) is 2.30. The Bertz CT molecular complexity index is 387. The Hall–Kier alpha value is -0.870. The molecule has 1 fully saturated rings. The molecule has 1 aromatic rings. The minimum atomic E-state index is -0.192. The summed E-state index contributed by atoms with van der Waals surface area (Å²) in [4.78, 5) is 13.1. The van der Waals surface area contributed by atoms with Crippen LogP contribution in [0.25, 0.3) is 0 Å². The molecule has 3 nitrogen and oxygen atoms in total. The number of halogens is 1.